The second-order valence-electron chi connectivity index (χ2n) is 8.97. The van der Waals surface area contributed by atoms with Crippen LogP contribution in [0.25, 0.3) is 0 Å². The first kappa shape index (κ1) is 23.9. The summed E-state index contributed by atoms with van der Waals surface area (Å²) in [6.45, 7) is 3.54. The van der Waals surface area contributed by atoms with Crippen LogP contribution < -0.4 is 10.2 Å². The highest BCUT2D eigenvalue weighted by atomic mass is 35.5. The normalized spacial score (nSPS) is 16.4. The molecule has 8 heteroatoms. The number of halogens is 1. The number of piperidine rings is 1. The molecule has 0 saturated carbocycles. The molecule has 6 nitrogen and oxygen atoms in total. The minimum absolute atomic E-state index is 0.0137. The van der Waals surface area contributed by atoms with E-state index in [4.69, 9.17) is 11.6 Å². The van der Waals surface area contributed by atoms with Gasteiger partial charge in [-0.2, -0.15) is 0 Å². The smallest absolute Gasteiger partial charge is 0.261 e. The third kappa shape index (κ3) is 5.69. The van der Waals surface area contributed by atoms with Crippen molar-refractivity contribution in [3.63, 3.8) is 0 Å². The molecule has 2 amide bonds. The summed E-state index contributed by atoms with van der Waals surface area (Å²) in [5.74, 6) is 0.0957. The predicted octanol–water partition coefficient (Wildman–Crippen LogP) is 4.87. The third-order valence-electron chi connectivity index (χ3n) is 6.53. The standard InChI is InChI=1S/C27H27ClN4O2S/c28-21-9-7-20(8-10-21)17-31-14-11-19(12-15-31)16-30-25(33)18-32-23-5-1-2-6-24(23)35-26-22(27(32)34)4-3-13-29-26/h1-10,13,19H,11-12,14-18H2,(H,30,33). The highest BCUT2D eigenvalue weighted by molar-refractivity contribution is 7.99. The van der Waals surface area contributed by atoms with E-state index in [1.165, 1.54) is 17.3 Å². The number of aromatic nitrogens is 1. The van der Waals surface area contributed by atoms with Gasteiger partial charge in [0.25, 0.3) is 5.91 Å². The van der Waals surface area contributed by atoms with Crippen LogP contribution in [0.1, 0.15) is 28.8 Å². The summed E-state index contributed by atoms with van der Waals surface area (Å²) in [6.07, 6.45) is 3.76. The Bertz CT molecular complexity index is 1210. The SMILES string of the molecule is O=C(CN1C(=O)c2cccnc2Sc2ccccc21)NCC1CCN(Cc2ccc(Cl)cc2)CC1. The largest absolute Gasteiger partial charge is 0.354 e. The summed E-state index contributed by atoms with van der Waals surface area (Å²) in [5, 5.41) is 4.50. The minimum Gasteiger partial charge on any atom is -0.354 e. The van der Waals surface area contributed by atoms with Gasteiger partial charge in [-0.1, -0.05) is 47.6 Å². The van der Waals surface area contributed by atoms with Crippen molar-refractivity contribution in [2.24, 2.45) is 5.92 Å². The van der Waals surface area contributed by atoms with E-state index >= 15 is 0 Å². The first-order valence-electron chi connectivity index (χ1n) is 11.8. The Kier molecular flexibility index (Phi) is 7.37. The Morgan fingerprint density at radius 1 is 1.06 bits per heavy atom. The van der Waals surface area contributed by atoms with Crippen LogP contribution in [0.2, 0.25) is 5.02 Å². The van der Waals surface area contributed by atoms with E-state index in [-0.39, 0.29) is 18.4 Å². The van der Waals surface area contributed by atoms with Gasteiger partial charge >= 0.3 is 0 Å². The molecule has 0 spiro atoms. The number of benzene rings is 2. The van der Waals surface area contributed by atoms with Gasteiger partial charge in [-0.3, -0.25) is 19.4 Å². The maximum Gasteiger partial charge on any atom is 0.261 e. The van der Waals surface area contributed by atoms with Gasteiger partial charge in [0.05, 0.1) is 11.3 Å². The van der Waals surface area contributed by atoms with E-state index in [1.54, 1.807) is 23.2 Å². The number of carbonyl (C=O) groups is 2. The summed E-state index contributed by atoms with van der Waals surface area (Å²) in [6, 6.07) is 19.2. The number of rotatable bonds is 6. The molecule has 0 aliphatic carbocycles. The zero-order valence-electron chi connectivity index (χ0n) is 19.3. The molecule has 2 aliphatic heterocycles. The van der Waals surface area contributed by atoms with Crippen LogP contribution in [0.5, 0.6) is 0 Å². The minimum atomic E-state index is -0.198. The van der Waals surface area contributed by atoms with E-state index in [9.17, 15) is 9.59 Å². The molecule has 3 aromatic rings. The van der Waals surface area contributed by atoms with Crippen molar-refractivity contribution in [2.45, 2.75) is 29.3 Å². The molecule has 2 aromatic carbocycles. The summed E-state index contributed by atoms with van der Waals surface area (Å²) < 4.78 is 0. The van der Waals surface area contributed by atoms with Crippen LogP contribution in [0.4, 0.5) is 5.69 Å². The van der Waals surface area contributed by atoms with Gasteiger partial charge in [0.1, 0.15) is 11.6 Å². The number of nitrogens with zero attached hydrogens (tertiary/aromatic N) is 3. The molecule has 1 aromatic heterocycles. The van der Waals surface area contributed by atoms with E-state index in [2.05, 4.69) is 27.3 Å². The van der Waals surface area contributed by atoms with Crippen molar-refractivity contribution in [1.29, 1.82) is 0 Å². The molecule has 35 heavy (non-hydrogen) atoms. The van der Waals surface area contributed by atoms with Crippen LogP contribution in [0.3, 0.4) is 0 Å². The number of anilines is 1. The topological polar surface area (TPSA) is 65.5 Å². The Labute approximate surface area is 214 Å². The number of likely N-dealkylation sites (tertiary alicyclic amines) is 1. The third-order valence-corrected chi connectivity index (χ3v) is 7.86. The van der Waals surface area contributed by atoms with Gasteiger partial charge in [-0.25, -0.2) is 4.98 Å². The molecule has 1 fully saturated rings. The van der Waals surface area contributed by atoms with Crippen LogP contribution in [0, 0.1) is 5.92 Å². The fraction of sp³-hybridized carbons (Fsp3) is 0.296. The lowest BCUT2D eigenvalue weighted by Crippen LogP contribution is -2.43. The predicted molar refractivity (Wildman–Crippen MR) is 139 cm³/mol. The number of pyridine rings is 1. The molecule has 2 aliphatic rings. The lowest BCUT2D eigenvalue weighted by molar-refractivity contribution is -0.120. The fourth-order valence-electron chi connectivity index (χ4n) is 4.57. The van der Waals surface area contributed by atoms with Crippen molar-refractivity contribution in [3.8, 4) is 0 Å². The van der Waals surface area contributed by atoms with Crippen molar-refractivity contribution in [1.82, 2.24) is 15.2 Å². The highest BCUT2D eigenvalue weighted by Gasteiger charge is 2.29. The Balaban J connectivity index is 1.16. The van der Waals surface area contributed by atoms with Gasteiger partial charge in [0.15, 0.2) is 0 Å². The Morgan fingerprint density at radius 3 is 2.63 bits per heavy atom. The van der Waals surface area contributed by atoms with Gasteiger partial charge < -0.3 is 5.32 Å². The van der Waals surface area contributed by atoms with E-state index in [1.807, 2.05) is 36.4 Å². The quantitative estimate of drug-likeness (QED) is 0.516. The summed E-state index contributed by atoms with van der Waals surface area (Å²) in [7, 11) is 0. The van der Waals surface area contributed by atoms with Crippen molar-refractivity contribution < 1.29 is 9.59 Å². The van der Waals surface area contributed by atoms with Gasteiger partial charge in [-0.05, 0) is 73.8 Å². The van der Waals surface area contributed by atoms with Crippen LogP contribution in [0.15, 0.2) is 76.8 Å². The average Bonchev–Trinajstić information content (AvgIpc) is 2.99. The lowest BCUT2D eigenvalue weighted by atomic mass is 9.96. The second-order valence-corrected chi connectivity index (χ2v) is 10.4. The maximum absolute atomic E-state index is 13.3. The number of carbonyl (C=O) groups excluding carboxylic acids is 2. The van der Waals surface area contributed by atoms with Gasteiger partial charge in [0.2, 0.25) is 5.91 Å². The van der Waals surface area contributed by atoms with Gasteiger partial charge in [0, 0.05) is 29.2 Å². The van der Waals surface area contributed by atoms with Gasteiger partial charge in [-0.15, -0.1) is 0 Å². The number of fused-ring (bicyclic) bond motifs is 2. The number of para-hydroxylation sites is 1. The molecule has 0 bridgehead atoms. The molecule has 3 heterocycles. The van der Waals surface area contributed by atoms with Crippen LogP contribution >= 0.6 is 23.4 Å². The van der Waals surface area contributed by atoms with Crippen molar-refractivity contribution in [2.75, 3.05) is 31.1 Å². The maximum atomic E-state index is 13.3. The molecule has 180 valence electrons. The van der Waals surface area contributed by atoms with Crippen LogP contribution in [-0.2, 0) is 11.3 Å². The summed E-state index contributed by atoms with van der Waals surface area (Å²) >= 11 is 7.44. The monoisotopic (exact) mass is 506 g/mol. The molecule has 5 rings (SSSR count). The van der Waals surface area contributed by atoms with E-state index < -0.39 is 0 Å². The first-order chi connectivity index (χ1) is 17.1. The molecule has 1 saturated heterocycles. The zero-order valence-corrected chi connectivity index (χ0v) is 20.9. The first-order valence-corrected chi connectivity index (χ1v) is 13.0. The number of hydrogen-bond donors (Lipinski definition) is 1. The van der Waals surface area contributed by atoms with E-state index in [0.29, 0.717) is 23.1 Å². The molecule has 0 atom stereocenters. The molecule has 0 unspecified atom stereocenters. The highest BCUT2D eigenvalue weighted by Crippen LogP contribution is 2.39. The molecular weight excluding hydrogens is 480 g/mol. The Hall–Kier alpha value is -2.87. The van der Waals surface area contributed by atoms with Crippen LogP contribution in [-0.4, -0.2) is 47.9 Å². The molecule has 1 N–H and O–H groups in total. The fourth-order valence-corrected chi connectivity index (χ4v) is 5.71. The van der Waals surface area contributed by atoms with E-state index in [0.717, 1.165) is 48.1 Å². The summed E-state index contributed by atoms with van der Waals surface area (Å²) in [5.41, 5.74) is 2.53. The van der Waals surface area contributed by atoms with Crippen molar-refractivity contribution >= 4 is 40.9 Å². The molecule has 0 radical (unpaired) electrons. The number of hydrogen-bond acceptors (Lipinski definition) is 5. The number of amides is 2. The van der Waals surface area contributed by atoms with Crippen molar-refractivity contribution in [3.05, 3.63) is 83.0 Å². The second kappa shape index (κ2) is 10.8. The Morgan fingerprint density at radius 2 is 1.83 bits per heavy atom. The number of nitrogens with one attached hydrogen (secondary N) is 1. The average molecular weight is 507 g/mol. The summed E-state index contributed by atoms with van der Waals surface area (Å²) in [4.78, 5) is 35.6. The lowest BCUT2D eigenvalue weighted by Gasteiger charge is -2.32. The molecular formula is C27H27ClN4O2S. The zero-order chi connectivity index (χ0) is 24.2.